The number of halogens is 1. The highest BCUT2D eigenvalue weighted by Crippen LogP contribution is 2.44. The number of aliphatic hydroxyl groups excluding tert-OH is 1. The Kier molecular flexibility index (Phi) is 3.24. The van der Waals surface area contributed by atoms with Crippen LogP contribution in [0.1, 0.15) is 24.5 Å². The van der Waals surface area contributed by atoms with Gasteiger partial charge in [0.25, 0.3) is 0 Å². The third-order valence-electron chi connectivity index (χ3n) is 3.61. The van der Waals surface area contributed by atoms with Crippen molar-refractivity contribution in [3.05, 3.63) is 58.8 Å². The zero-order valence-electron chi connectivity index (χ0n) is 11.2. The molecule has 0 spiro atoms. The van der Waals surface area contributed by atoms with Crippen molar-refractivity contribution in [2.75, 3.05) is 6.61 Å². The van der Waals surface area contributed by atoms with Gasteiger partial charge in [0.2, 0.25) is 0 Å². The minimum absolute atomic E-state index is 0.0435. The average Bonchev–Trinajstić information content (AvgIpc) is 2.73. The van der Waals surface area contributed by atoms with Gasteiger partial charge in [0, 0.05) is 24.6 Å². The number of allylic oxidation sites excluding steroid dienone is 3. The van der Waals surface area contributed by atoms with Gasteiger partial charge in [0.05, 0.1) is 0 Å². The predicted molar refractivity (Wildman–Crippen MR) is 78.4 cm³/mol. The Hall–Kier alpha value is -2.20. The summed E-state index contributed by atoms with van der Waals surface area (Å²) in [7, 11) is 0. The Bertz CT molecular complexity index is 684. The zero-order valence-corrected chi connectivity index (χ0v) is 11.2. The number of nitrogens with zero attached hydrogens (tertiary/aromatic N) is 1. The maximum Gasteiger partial charge on any atom is 0.138 e. The highest BCUT2D eigenvalue weighted by Gasteiger charge is 2.26. The predicted octanol–water partition coefficient (Wildman–Crippen LogP) is 2.85. The molecular weight excluding hydrogens is 255 g/mol. The molecule has 0 saturated carbocycles. The molecule has 20 heavy (non-hydrogen) atoms. The second kappa shape index (κ2) is 5.06. The molecule has 0 aromatic heterocycles. The van der Waals surface area contributed by atoms with Gasteiger partial charge >= 0.3 is 0 Å². The first-order valence-electron chi connectivity index (χ1n) is 6.53. The van der Waals surface area contributed by atoms with Crippen LogP contribution in [0.3, 0.4) is 0 Å². The van der Waals surface area contributed by atoms with Crippen LogP contribution in [0.5, 0.6) is 0 Å². The van der Waals surface area contributed by atoms with Gasteiger partial charge in [0.15, 0.2) is 0 Å². The van der Waals surface area contributed by atoms with Crippen molar-refractivity contribution >= 4 is 17.4 Å². The molecule has 0 unspecified atom stereocenters. The molecular formula is C16H15FN2O. The molecule has 0 saturated heterocycles. The van der Waals surface area contributed by atoms with Crippen LogP contribution >= 0.6 is 0 Å². The molecule has 0 amide bonds. The molecule has 3 rings (SSSR count). The van der Waals surface area contributed by atoms with Crippen LogP contribution in [0.4, 0.5) is 4.39 Å². The number of fused-ring (bicyclic) bond motifs is 1. The molecule has 2 N–H and O–H groups in total. The van der Waals surface area contributed by atoms with E-state index in [4.69, 9.17) is 0 Å². The normalized spacial score (nSPS) is 20.4. The van der Waals surface area contributed by atoms with Crippen LogP contribution in [-0.2, 0) is 0 Å². The summed E-state index contributed by atoms with van der Waals surface area (Å²) in [5.74, 6) is 0.490. The van der Waals surface area contributed by atoms with Crippen molar-refractivity contribution in [3.63, 3.8) is 0 Å². The van der Waals surface area contributed by atoms with Crippen LogP contribution in [0.2, 0.25) is 0 Å². The minimum atomic E-state index is -0.266. The highest BCUT2D eigenvalue weighted by molar-refractivity contribution is 6.01. The molecule has 4 heteroatoms. The van der Waals surface area contributed by atoms with Gasteiger partial charge in [-0.25, -0.2) is 9.38 Å². The Morgan fingerprint density at radius 1 is 1.30 bits per heavy atom. The van der Waals surface area contributed by atoms with Gasteiger partial charge in [-0.2, -0.15) is 0 Å². The SMILES string of the molecule is CC1=C(CCO)c2cc(F)ccc2/C1=C1\N=CC=CN1. The van der Waals surface area contributed by atoms with Crippen molar-refractivity contribution < 1.29 is 9.50 Å². The number of nitrogens with one attached hydrogen (secondary N) is 1. The molecule has 0 radical (unpaired) electrons. The summed E-state index contributed by atoms with van der Waals surface area (Å²) in [6.07, 6.45) is 5.87. The first kappa shape index (κ1) is 12.8. The Labute approximate surface area is 116 Å². The van der Waals surface area contributed by atoms with Gasteiger partial charge in [-0.1, -0.05) is 6.07 Å². The van der Waals surface area contributed by atoms with E-state index in [9.17, 15) is 9.50 Å². The lowest BCUT2D eigenvalue weighted by Gasteiger charge is -2.11. The number of aliphatic imine (C=N–C) groups is 1. The maximum absolute atomic E-state index is 13.5. The minimum Gasteiger partial charge on any atom is -0.396 e. The fourth-order valence-corrected chi connectivity index (χ4v) is 2.74. The lowest BCUT2D eigenvalue weighted by molar-refractivity contribution is 0.305. The Balaban J connectivity index is 2.22. The zero-order chi connectivity index (χ0) is 14.1. The lowest BCUT2D eigenvalue weighted by Crippen LogP contribution is -2.09. The monoisotopic (exact) mass is 270 g/mol. The summed E-state index contributed by atoms with van der Waals surface area (Å²) in [6.45, 7) is 2.03. The van der Waals surface area contributed by atoms with E-state index < -0.39 is 0 Å². The summed E-state index contributed by atoms with van der Waals surface area (Å²) >= 11 is 0. The summed E-state index contributed by atoms with van der Waals surface area (Å²) < 4.78 is 13.5. The Morgan fingerprint density at radius 2 is 2.15 bits per heavy atom. The summed E-state index contributed by atoms with van der Waals surface area (Å²) in [6, 6.07) is 4.76. The molecule has 1 aliphatic carbocycles. The van der Waals surface area contributed by atoms with E-state index in [1.54, 1.807) is 12.3 Å². The van der Waals surface area contributed by atoms with Crippen LogP contribution in [-0.4, -0.2) is 17.9 Å². The molecule has 0 atom stereocenters. The first-order chi connectivity index (χ1) is 9.72. The molecule has 2 aliphatic rings. The van der Waals surface area contributed by atoms with Gasteiger partial charge in [-0.3, -0.25) is 0 Å². The molecule has 1 aromatic carbocycles. The molecule has 3 nitrogen and oxygen atoms in total. The van der Waals surface area contributed by atoms with Crippen LogP contribution in [0, 0.1) is 5.82 Å². The smallest absolute Gasteiger partial charge is 0.138 e. The molecule has 0 bridgehead atoms. The molecule has 1 aromatic rings. The molecule has 102 valence electrons. The number of rotatable bonds is 2. The van der Waals surface area contributed by atoms with Crippen molar-refractivity contribution in [1.29, 1.82) is 0 Å². The number of aliphatic hydroxyl groups is 1. The van der Waals surface area contributed by atoms with Crippen LogP contribution in [0.25, 0.3) is 11.1 Å². The number of hydrogen-bond donors (Lipinski definition) is 2. The maximum atomic E-state index is 13.5. The summed E-state index contributed by atoms with van der Waals surface area (Å²) in [5.41, 5.74) is 4.81. The third kappa shape index (κ3) is 1.98. The van der Waals surface area contributed by atoms with Crippen molar-refractivity contribution in [2.24, 2.45) is 4.99 Å². The van der Waals surface area contributed by atoms with Gasteiger partial charge < -0.3 is 10.4 Å². The largest absolute Gasteiger partial charge is 0.396 e. The van der Waals surface area contributed by atoms with Crippen molar-refractivity contribution in [1.82, 2.24) is 5.32 Å². The van der Waals surface area contributed by atoms with Gasteiger partial charge in [0.1, 0.15) is 11.6 Å². The summed E-state index contributed by atoms with van der Waals surface area (Å²) in [4.78, 5) is 4.34. The topological polar surface area (TPSA) is 44.6 Å². The van der Waals surface area contributed by atoms with Crippen LogP contribution < -0.4 is 5.32 Å². The van der Waals surface area contributed by atoms with E-state index in [0.717, 1.165) is 33.7 Å². The quantitative estimate of drug-likeness (QED) is 0.868. The standard InChI is InChI=1S/C16H15FN2O/c1-10-12(5-8-20)14-9-11(17)3-4-13(14)15(10)16-18-6-2-7-19-16/h2-4,6-7,9,18,20H,5,8H2,1H3/b16-15-. The molecule has 1 heterocycles. The number of hydrogen-bond acceptors (Lipinski definition) is 3. The molecule has 0 fully saturated rings. The van der Waals surface area contributed by atoms with E-state index in [-0.39, 0.29) is 12.4 Å². The van der Waals surface area contributed by atoms with E-state index in [1.807, 2.05) is 19.2 Å². The summed E-state index contributed by atoms with van der Waals surface area (Å²) in [5, 5.41) is 12.4. The van der Waals surface area contributed by atoms with Gasteiger partial charge in [-0.15, -0.1) is 0 Å². The van der Waals surface area contributed by atoms with E-state index in [0.29, 0.717) is 6.42 Å². The van der Waals surface area contributed by atoms with E-state index >= 15 is 0 Å². The average molecular weight is 270 g/mol. The van der Waals surface area contributed by atoms with E-state index in [1.165, 1.54) is 12.1 Å². The lowest BCUT2D eigenvalue weighted by atomic mass is 10.0. The fraction of sp³-hybridized carbons (Fsp3) is 0.188. The van der Waals surface area contributed by atoms with Crippen molar-refractivity contribution in [2.45, 2.75) is 13.3 Å². The second-order valence-corrected chi connectivity index (χ2v) is 4.77. The first-order valence-corrected chi connectivity index (χ1v) is 6.53. The fourth-order valence-electron chi connectivity index (χ4n) is 2.74. The Morgan fingerprint density at radius 3 is 2.85 bits per heavy atom. The van der Waals surface area contributed by atoms with Crippen LogP contribution in [0.15, 0.2) is 46.9 Å². The molecule has 1 aliphatic heterocycles. The van der Waals surface area contributed by atoms with E-state index in [2.05, 4.69) is 10.3 Å². The second-order valence-electron chi connectivity index (χ2n) is 4.77. The van der Waals surface area contributed by atoms with Gasteiger partial charge in [-0.05, 0) is 53.8 Å². The number of benzene rings is 1. The highest BCUT2D eigenvalue weighted by atomic mass is 19.1. The van der Waals surface area contributed by atoms with Crippen molar-refractivity contribution in [3.8, 4) is 0 Å². The third-order valence-corrected chi connectivity index (χ3v) is 3.61.